The molecule has 20 heavy (non-hydrogen) atoms. The van der Waals surface area contributed by atoms with Crippen LogP contribution in [0.25, 0.3) is 0 Å². The lowest BCUT2D eigenvalue weighted by Crippen LogP contribution is -2.46. The summed E-state index contributed by atoms with van der Waals surface area (Å²) in [6.45, 7) is 11.1. The monoisotopic (exact) mass is 277 g/mol. The van der Waals surface area contributed by atoms with Crippen LogP contribution in [0, 0.1) is 13.8 Å². The molecule has 0 spiro atoms. The third-order valence-corrected chi connectivity index (χ3v) is 4.28. The zero-order valence-corrected chi connectivity index (χ0v) is 13.1. The number of rotatable bonds is 5. The molecule has 0 aliphatic carbocycles. The maximum atomic E-state index is 10.7. The van der Waals surface area contributed by atoms with Crippen molar-refractivity contribution in [2.24, 2.45) is 0 Å². The van der Waals surface area contributed by atoms with E-state index in [1.165, 1.54) is 5.56 Å². The van der Waals surface area contributed by atoms with Gasteiger partial charge in [0.2, 0.25) is 0 Å². The van der Waals surface area contributed by atoms with E-state index in [1.54, 1.807) is 0 Å². The van der Waals surface area contributed by atoms with Gasteiger partial charge in [0.05, 0.1) is 6.04 Å². The first-order chi connectivity index (χ1) is 9.60. The highest BCUT2D eigenvalue weighted by molar-refractivity contribution is 5.48. The van der Waals surface area contributed by atoms with Crippen LogP contribution in [0.5, 0.6) is 5.75 Å². The van der Waals surface area contributed by atoms with Crippen LogP contribution in [-0.2, 0) is 0 Å². The molecule has 1 aromatic carbocycles. The van der Waals surface area contributed by atoms with E-state index in [1.807, 2.05) is 6.07 Å². The molecule has 1 heterocycles. The fraction of sp³-hybridized carbons (Fsp3) is 0.647. The molecule has 3 nitrogen and oxygen atoms in total. The summed E-state index contributed by atoms with van der Waals surface area (Å²) in [5.41, 5.74) is 3.31. The minimum atomic E-state index is -0.448. The van der Waals surface area contributed by atoms with Gasteiger partial charge in [-0.05, 0) is 50.9 Å². The molecule has 0 radical (unpaired) electrons. The third kappa shape index (κ3) is 2.84. The highest BCUT2D eigenvalue weighted by Gasteiger charge is 2.34. The van der Waals surface area contributed by atoms with E-state index >= 15 is 0 Å². The summed E-state index contributed by atoms with van der Waals surface area (Å²) in [5, 5.41) is 10.7. The van der Waals surface area contributed by atoms with Crippen LogP contribution in [0.2, 0.25) is 0 Å². The Labute approximate surface area is 122 Å². The van der Waals surface area contributed by atoms with E-state index < -0.39 is 6.10 Å². The molecule has 0 saturated carbocycles. The number of ether oxygens (including phenoxy) is 1. The summed E-state index contributed by atoms with van der Waals surface area (Å²) >= 11 is 0. The third-order valence-electron chi connectivity index (χ3n) is 4.28. The van der Waals surface area contributed by atoms with Crippen LogP contribution in [0.15, 0.2) is 12.1 Å². The Balaban J connectivity index is 2.26. The largest absolute Gasteiger partial charge is 0.491 e. The Hall–Kier alpha value is -1.06. The fourth-order valence-electron chi connectivity index (χ4n) is 3.03. The number of nitrogens with zero attached hydrogens (tertiary/aromatic N) is 1. The second-order valence-electron chi connectivity index (χ2n) is 5.78. The quantitative estimate of drug-likeness (QED) is 0.897. The molecule has 0 aromatic heterocycles. The van der Waals surface area contributed by atoms with Crippen LogP contribution in [-0.4, -0.2) is 35.7 Å². The van der Waals surface area contributed by atoms with Crippen LogP contribution in [0.1, 0.15) is 49.5 Å². The van der Waals surface area contributed by atoms with E-state index in [0.717, 1.165) is 42.8 Å². The molecule has 0 amide bonds. The van der Waals surface area contributed by atoms with Gasteiger partial charge in [-0.15, -0.1) is 0 Å². The van der Waals surface area contributed by atoms with Crippen LogP contribution in [0.3, 0.4) is 0 Å². The Morgan fingerprint density at radius 3 is 2.45 bits per heavy atom. The van der Waals surface area contributed by atoms with Gasteiger partial charge in [0.25, 0.3) is 0 Å². The zero-order chi connectivity index (χ0) is 14.7. The Morgan fingerprint density at radius 1 is 1.20 bits per heavy atom. The number of benzene rings is 1. The van der Waals surface area contributed by atoms with Gasteiger partial charge in [-0.2, -0.15) is 0 Å². The van der Waals surface area contributed by atoms with Crippen molar-refractivity contribution >= 4 is 0 Å². The summed E-state index contributed by atoms with van der Waals surface area (Å²) in [7, 11) is 0. The zero-order valence-electron chi connectivity index (χ0n) is 13.1. The maximum Gasteiger partial charge on any atom is 0.128 e. The topological polar surface area (TPSA) is 32.7 Å². The van der Waals surface area contributed by atoms with Crippen molar-refractivity contribution in [3.8, 4) is 5.75 Å². The molecule has 1 N–H and O–H groups in total. The molecule has 3 heteroatoms. The number of aliphatic hydroxyl groups excluding tert-OH is 1. The van der Waals surface area contributed by atoms with Gasteiger partial charge in [0.15, 0.2) is 0 Å². The standard InChI is InChI=1S/C17H27NO2/c1-5-9-18(10-6-2)15-11-20-17-13(4)12(3)7-8-14(17)16(15)19/h7-8,15-16,19H,5-6,9-11H2,1-4H3. The van der Waals surface area contributed by atoms with Crippen molar-refractivity contribution < 1.29 is 9.84 Å². The smallest absolute Gasteiger partial charge is 0.128 e. The van der Waals surface area contributed by atoms with Crippen molar-refractivity contribution in [3.05, 3.63) is 28.8 Å². The molecular formula is C17H27NO2. The molecule has 112 valence electrons. The highest BCUT2D eigenvalue weighted by atomic mass is 16.5. The fourth-order valence-corrected chi connectivity index (χ4v) is 3.03. The summed E-state index contributed by atoms with van der Waals surface area (Å²) in [6, 6.07) is 4.17. The SMILES string of the molecule is CCCN(CCC)C1COc2c(ccc(C)c2C)C1O. The van der Waals surface area contributed by atoms with Crippen molar-refractivity contribution in [2.45, 2.75) is 52.7 Å². The lowest BCUT2D eigenvalue weighted by atomic mass is 9.93. The van der Waals surface area contributed by atoms with Gasteiger partial charge in [-0.25, -0.2) is 0 Å². The van der Waals surface area contributed by atoms with E-state index in [-0.39, 0.29) is 6.04 Å². The van der Waals surface area contributed by atoms with Crippen molar-refractivity contribution in [2.75, 3.05) is 19.7 Å². The van der Waals surface area contributed by atoms with E-state index in [2.05, 4.69) is 38.7 Å². The van der Waals surface area contributed by atoms with Crippen LogP contribution in [0.4, 0.5) is 0 Å². The van der Waals surface area contributed by atoms with Gasteiger partial charge in [-0.1, -0.05) is 26.0 Å². The van der Waals surface area contributed by atoms with Gasteiger partial charge in [-0.3, -0.25) is 4.90 Å². The Kier molecular flexibility index (Phi) is 5.06. The van der Waals surface area contributed by atoms with E-state index in [4.69, 9.17) is 4.74 Å². The molecule has 2 rings (SSSR count). The molecule has 2 unspecified atom stereocenters. The first-order valence-electron chi connectivity index (χ1n) is 7.75. The minimum Gasteiger partial charge on any atom is -0.491 e. The number of hydrogen-bond acceptors (Lipinski definition) is 3. The molecule has 1 aliphatic rings. The number of hydrogen-bond donors (Lipinski definition) is 1. The van der Waals surface area contributed by atoms with Crippen LogP contribution < -0.4 is 4.74 Å². The van der Waals surface area contributed by atoms with E-state index in [9.17, 15) is 5.11 Å². The van der Waals surface area contributed by atoms with E-state index in [0.29, 0.717) is 6.61 Å². The Morgan fingerprint density at radius 2 is 1.85 bits per heavy atom. The first kappa shape index (κ1) is 15.3. The maximum absolute atomic E-state index is 10.7. The molecule has 0 fully saturated rings. The predicted octanol–water partition coefficient (Wildman–Crippen LogP) is 3.22. The van der Waals surface area contributed by atoms with Crippen molar-refractivity contribution in [1.82, 2.24) is 4.90 Å². The average Bonchev–Trinajstić information content (AvgIpc) is 2.43. The number of fused-ring (bicyclic) bond motifs is 1. The molecule has 2 atom stereocenters. The van der Waals surface area contributed by atoms with Crippen molar-refractivity contribution in [3.63, 3.8) is 0 Å². The molecule has 0 bridgehead atoms. The lowest BCUT2D eigenvalue weighted by molar-refractivity contribution is 0.00298. The highest BCUT2D eigenvalue weighted by Crippen LogP contribution is 2.37. The average molecular weight is 277 g/mol. The number of aryl methyl sites for hydroxylation is 1. The normalized spacial score (nSPS) is 21.7. The summed E-state index contributed by atoms with van der Waals surface area (Å²) in [4.78, 5) is 2.36. The minimum absolute atomic E-state index is 0.0736. The van der Waals surface area contributed by atoms with Gasteiger partial charge in [0, 0.05) is 5.56 Å². The summed E-state index contributed by atoms with van der Waals surface area (Å²) in [6.07, 6.45) is 1.75. The van der Waals surface area contributed by atoms with Gasteiger partial charge in [0.1, 0.15) is 18.5 Å². The molecule has 1 aromatic rings. The lowest BCUT2D eigenvalue weighted by Gasteiger charge is -2.39. The summed E-state index contributed by atoms with van der Waals surface area (Å²) < 4.78 is 5.99. The van der Waals surface area contributed by atoms with Crippen molar-refractivity contribution in [1.29, 1.82) is 0 Å². The molecule has 0 saturated heterocycles. The number of aliphatic hydroxyl groups is 1. The van der Waals surface area contributed by atoms with Gasteiger partial charge >= 0.3 is 0 Å². The summed E-state index contributed by atoms with van der Waals surface area (Å²) in [5.74, 6) is 0.890. The molecule has 1 aliphatic heterocycles. The van der Waals surface area contributed by atoms with Crippen LogP contribution >= 0.6 is 0 Å². The predicted molar refractivity (Wildman–Crippen MR) is 82.3 cm³/mol. The Bertz CT molecular complexity index is 453. The second-order valence-corrected chi connectivity index (χ2v) is 5.78. The van der Waals surface area contributed by atoms with Gasteiger partial charge < -0.3 is 9.84 Å². The molecular weight excluding hydrogens is 250 g/mol. The first-order valence-corrected chi connectivity index (χ1v) is 7.75. The second kappa shape index (κ2) is 6.59.